The molecular formula is C17H17ClN2O4S. The number of aromatic carboxylic acids is 1. The Morgan fingerprint density at radius 3 is 2.36 bits per heavy atom. The van der Waals surface area contributed by atoms with Crippen LogP contribution in [0.4, 0.5) is 5.69 Å². The van der Waals surface area contributed by atoms with Crippen molar-refractivity contribution >= 4 is 46.4 Å². The average molecular weight is 381 g/mol. The minimum Gasteiger partial charge on any atom is -0.478 e. The molecule has 0 aliphatic rings. The molecule has 0 aliphatic heterocycles. The van der Waals surface area contributed by atoms with Gasteiger partial charge < -0.3 is 15.7 Å². The monoisotopic (exact) mass is 380 g/mol. The van der Waals surface area contributed by atoms with E-state index in [4.69, 9.17) is 16.7 Å². The fourth-order valence-electron chi connectivity index (χ4n) is 2.11. The summed E-state index contributed by atoms with van der Waals surface area (Å²) in [7, 11) is 0. The molecule has 2 aromatic rings. The Labute approximate surface area is 153 Å². The largest absolute Gasteiger partial charge is 0.478 e. The van der Waals surface area contributed by atoms with Gasteiger partial charge >= 0.3 is 5.97 Å². The van der Waals surface area contributed by atoms with E-state index in [1.54, 1.807) is 39.0 Å². The molecule has 8 heteroatoms. The van der Waals surface area contributed by atoms with Crippen LogP contribution in [0.2, 0.25) is 4.34 Å². The summed E-state index contributed by atoms with van der Waals surface area (Å²) in [6.45, 7) is 4.80. The SMILES string of the molecule is Cc1cc(NC(=O)C(C)(C)NC(=O)c2ccc(Cl)s2)ccc1C(=O)O. The molecule has 0 bridgehead atoms. The molecule has 6 nitrogen and oxygen atoms in total. The number of aryl methyl sites for hydroxylation is 1. The second-order valence-electron chi connectivity index (χ2n) is 5.97. The smallest absolute Gasteiger partial charge is 0.335 e. The number of halogens is 1. The fourth-order valence-corrected chi connectivity index (χ4v) is 3.05. The average Bonchev–Trinajstić information content (AvgIpc) is 2.93. The number of carbonyl (C=O) groups is 3. The predicted octanol–water partition coefficient (Wildman–Crippen LogP) is 3.56. The van der Waals surface area contributed by atoms with Gasteiger partial charge in [-0.05, 0) is 56.7 Å². The van der Waals surface area contributed by atoms with Crippen LogP contribution in [0.15, 0.2) is 30.3 Å². The number of anilines is 1. The van der Waals surface area contributed by atoms with Gasteiger partial charge in [0, 0.05) is 5.69 Å². The highest BCUT2D eigenvalue weighted by atomic mass is 35.5. The lowest BCUT2D eigenvalue weighted by molar-refractivity contribution is -0.120. The Balaban J connectivity index is 2.09. The standard InChI is InChI=1S/C17H17ClN2O4S/c1-9-8-10(4-5-11(9)15(22)23)19-16(24)17(2,3)20-14(21)12-6-7-13(18)25-12/h4-8H,1-3H3,(H,19,24)(H,20,21)(H,22,23). The fraction of sp³-hybridized carbons (Fsp3) is 0.235. The van der Waals surface area contributed by atoms with Crippen LogP contribution in [0, 0.1) is 6.92 Å². The zero-order valence-corrected chi connectivity index (χ0v) is 15.4. The number of thiophene rings is 1. The summed E-state index contributed by atoms with van der Waals surface area (Å²) in [5, 5.41) is 14.4. The number of rotatable bonds is 5. The predicted molar refractivity (Wildman–Crippen MR) is 97.6 cm³/mol. The highest BCUT2D eigenvalue weighted by Crippen LogP contribution is 2.22. The van der Waals surface area contributed by atoms with Crippen molar-refractivity contribution in [1.82, 2.24) is 5.32 Å². The van der Waals surface area contributed by atoms with Crippen LogP contribution in [0.5, 0.6) is 0 Å². The lowest BCUT2D eigenvalue weighted by atomic mass is 10.0. The molecule has 0 radical (unpaired) electrons. The van der Waals surface area contributed by atoms with E-state index >= 15 is 0 Å². The zero-order chi connectivity index (χ0) is 18.8. The lowest BCUT2D eigenvalue weighted by Crippen LogP contribution is -2.52. The molecule has 0 unspecified atom stereocenters. The third-order valence-corrected chi connectivity index (χ3v) is 4.74. The number of hydrogen-bond donors (Lipinski definition) is 3. The molecule has 0 fully saturated rings. The Bertz CT molecular complexity index is 845. The normalized spacial score (nSPS) is 11.0. The summed E-state index contributed by atoms with van der Waals surface area (Å²) in [4.78, 5) is 36.1. The van der Waals surface area contributed by atoms with Crippen molar-refractivity contribution in [3.63, 3.8) is 0 Å². The first-order valence-electron chi connectivity index (χ1n) is 7.33. The van der Waals surface area contributed by atoms with Crippen LogP contribution < -0.4 is 10.6 Å². The van der Waals surface area contributed by atoms with E-state index in [0.717, 1.165) is 11.3 Å². The van der Waals surface area contributed by atoms with Crippen LogP contribution in [-0.2, 0) is 4.79 Å². The number of amides is 2. The summed E-state index contributed by atoms with van der Waals surface area (Å²) in [6.07, 6.45) is 0. The van der Waals surface area contributed by atoms with Crippen molar-refractivity contribution < 1.29 is 19.5 Å². The van der Waals surface area contributed by atoms with Crippen LogP contribution in [-0.4, -0.2) is 28.4 Å². The molecule has 1 aromatic heterocycles. The highest BCUT2D eigenvalue weighted by Gasteiger charge is 2.30. The van der Waals surface area contributed by atoms with E-state index < -0.39 is 23.3 Å². The van der Waals surface area contributed by atoms with E-state index in [-0.39, 0.29) is 5.56 Å². The van der Waals surface area contributed by atoms with Gasteiger partial charge in [-0.2, -0.15) is 0 Å². The Morgan fingerprint density at radius 1 is 1.16 bits per heavy atom. The third-order valence-electron chi connectivity index (χ3n) is 3.51. The van der Waals surface area contributed by atoms with Crippen LogP contribution >= 0.6 is 22.9 Å². The molecule has 0 atom stereocenters. The zero-order valence-electron chi connectivity index (χ0n) is 13.8. The number of hydrogen-bond acceptors (Lipinski definition) is 4. The van der Waals surface area contributed by atoms with Crippen molar-refractivity contribution in [2.75, 3.05) is 5.32 Å². The van der Waals surface area contributed by atoms with Gasteiger partial charge in [0.25, 0.3) is 5.91 Å². The van der Waals surface area contributed by atoms with Gasteiger partial charge in [-0.25, -0.2) is 4.79 Å². The molecule has 1 heterocycles. The molecule has 0 saturated heterocycles. The van der Waals surface area contributed by atoms with Gasteiger partial charge in [0.1, 0.15) is 5.54 Å². The molecule has 2 rings (SSSR count). The molecular weight excluding hydrogens is 364 g/mol. The summed E-state index contributed by atoms with van der Waals surface area (Å²) in [5.74, 6) is -1.85. The van der Waals surface area contributed by atoms with E-state index in [2.05, 4.69) is 10.6 Å². The highest BCUT2D eigenvalue weighted by molar-refractivity contribution is 7.18. The van der Waals surface area contributed by atoms with Crippen molar-refractivity contribution in [2.24, 2.45) is 0 Å². The van der Waals surface area contributed by atoms with Gasteiger partial charge in [0.15, 0.2) is 0 Å². The maximum absolute atomic E-state index is 12.5. The Morgan fingerprint density at radius 2 is 1.84 bits per heavy atom. The summed E-state index contributed by atoms with van der Waals surface area (Å²) < 4.78 is 0.487. The summed E-state index contributed by atoms with van der Waals surface area (Å²) in [5.41, 5.74) is -0.0260. The second-order valence-corrected chi connectivity index (χ2v) is 7.69. The summed E-state index contributed by atoms with van der Waals surface area (Å²) >= 11 is 6.94. The number of carbonyl (C=O) groups excluding carboxylic acids is 2. The van der Waals surface area contributed by atoms with Crippen molar-refractivity contribution in [3.05, 3.63) is 50.7 Å². The van der Waals surface area contributed by atoms with Gasteiger partial charge in [0.2, 0.25) is 5.91 Å². The molecule has 3 N–H and O–H groups in total. The summed E-state index contributed by atoms with van der Waals surface area (Å²) in [6, 6.07) is 7.70. The first-order valence-corrected chi connectivity index (χ1v) is 8.53. The third kappa shape index (κ3) is 4.58. The van der Waals surface area contributed by atoms with E-state index in [9.17, 15) is 14.4 Å². The molecule has 132 valence electrons. The lowest BCUT2D eigenvalue weighted by Gasteiger charge is -2.25. The van der Waals surface area contributed by atoms with Gasteiger partial charge in [-0.15, -0.1) is 11.3 Å². The Kier molecular flexibility index (Phi) is 5.49. The minimum absolute atomic E-state index is 0.167. The van der Waals surface area contributed by atoms with Gasteiger partial charge in [0.05, 0.1) is 14.8 Å². The van der Waals surface area contributed by atoms with Crippen LogP contribution in [0.3, 0.4) is 0 Å². The number of benzene rings is 1. The van der Waals surface area contributed by atoms with Crippen molar-refractivity contribution in [3.8, 4) is 0 Å². The number of nitrogens with one attached hydrogen (secondary N) is 2. The quantitative estimate of drug-likeness (QED) is 0.739. The van der Waals surface area contributed by atoms with E-state index in [0.29, 0.717) is 20.5 Å². The topological polar surface area (TPSA) is 95.5 Å². The maximum atomic E-state index is 12.5. The number of carboxylic acids is 1. The first kappa shape index (κ1) is 19.0. The molecule has 1 aromatic carbocycles. The first-order chi connectivity index (χ1) is 11.6. The van der Waals surface area contributed by atoms with Crippen LogP contribution in [0.25, 0.3) is 0 Å². The minimum atomic E-state index is -1.17. The van der Waals surface area contributed by atoms with Gasteiger partial charge in [-0.3, -0.25) is 9.59 Å². The molecule has 0 spiro atoms. The number of carboxylic acid groups (broad SMARTS) is 1. The molecule has 2 amide bonds. The van der Waals surface area contributed by atoms with E-state index in [1.807, 2.05) is 0 Å². The van der Waals surface area contributed by atoms with Gasteiger partial charge in [-0.1, -0.05) is 11.6 Å². The molecule has 0 saturated carbocycles. The molecule has 25 heavy (non-hydrogen) atoms. The van der Waals surface area contributed by atoms with Crippen LogP contribution in [0.1, 0.15) is 39.4 Å². The van der Waals surface area contributed by atoms with E-state index in [1.165, 1.54) is 12.1 Å². The Hall–Kier alpha value is -2.38. The van der Waals surface area contributed by atoms with Crippen molar-refractivity contribution in [1.29, 1.82) is 0 Å². The second kappa shape index (κ2) is 7.25. The van der Waals surface area contributed by atoms with Crippen molar-refractivity contribution in [2.45, 2.75) is 26.3 Å². The molecule has 0 aliphatic carbocycles. The maximum Gasteiger partial charge on any atom is 0.335 e.